The van der Waals surface area contributed by atoms with Crippen molar-refractivity contribution in [2.45, 2.75) is 97.3 Å². The lowest BCUT2D eigenvalue weighted by Crippen LogP contribution is -2.21. The summed E-state index contributed by atoms with van der Waals surface area (Å²) in [6, 6.07) is 0. The van der Waals surface area contributed by atoms with E-state index in [4.69, 9.17) is 0 Å². The Morgan fingerprint density at radius 2 is 1.47 bits per heavy atom. The van der Waals surface area contributed by atoms with Crippen LogP contribution in [-0.4, -0.2) is 5.78 Å². The Bertz CT molecular complexity index is 226. The van der Waals surface area contributed by atoms with Crippen molar-refractivity contribution < 1.29 is 4.79 Å². The third kappa shape index (κ3) is 7.13. The molecule has 1 rings (SSSR count). The molecule has 0 aromatic heterocycles. The SMILES string of the molecule is CCCCCCCC(=O)C1CCC(CCCC)CC1. The van der Waals surface area contributed by atoms with Crippen molar-refractivity contribution in [3.05, 3.63) is 0 Å². The van der Waals surface area contributed by atoms with Gasteiger partial charge in [0.2, 0.25) is 0 Å². The molecular formula is C18H34O. The molecule has 0 aromatic carbocycles. The lowest BCUT2D eigenvalue weighted by Gasteiger charge is -2.27. The topological polar surface area (TPSA) is 17.1 Å². The minimum atomic E-state index is 0.420. The Kier molecular flexibility index (Phi) is 9.20. The molecule has 0 unspecified atom stereocenters. The summed E-state index contributed by atoms with van der Waals surface area (Å²) in [6.45, 7) is 4.51. The van der Waals surface area contributed by atoms with E-state index in [0.717, 1.165) is 18.8 Å². The second-order valence-electron chi connectivity index (χ2n) is 6.49. The summed E-state index contributed by atoms with van der Waals surface area (Å²) in [7, 11) is 0. The Labute approximate surface area is 120 Å². The average molecular weight is 266 g/mol. The molecule has 112 valence electrons. The lowest BCUT2D eigenvalue weighted by molar-refractivity contribution is -0.124. The number of ketones is 1. The maximum absolute atomic E-state index is 12.2. The fourth-order valence-corrected chi connectivity index (χ4v) is 3.37. The second-order valence-corrected chi connectivity index (χ2v) is 6.49. The van der Waals surface area contributed by atoms with Crippen molar-refractivity contribution in [2.75, 3.05) is 0 Å². The summed E-state index contributed by atoms with van der Waals surface area (Å²) in [5.41, 5.74) is 0. The minimum Gasteiger partial charge on any atom is -0.299 e. The maximum atomic E-state index is 12.2. The van der Waals surface area contributed by atoms with Crippen LogP contribution >= 0.6 is 0 Å². The smallest absolute Gasteiger partial charge is 0.135 e. The van der Waals surface area contributed by atoms with Gasteiger partial charge in [-0.15, -0.1) is 0 Å². The first-order valence-corrected chi connectivity index (χ1v) is 8.80. The molecule has 0 aliphatic heterocycles. The molecule has 1 saturated carbocycles. The lowest BCUT2D eigenvalue weighted by atomic mass is 9.77. The highest BCUT2D eigenvalue weighted by atomic mass is 16.1. The third-order valence-corrected chi connectivity index (χ3v) is 4.79. The molecular weight excluding hydrogens is 232 g/mol. The van der Waals surface area contributed by atoms with Crippen LogP contribution in [0.5, 0.6) is 0 Å². The molecule has 1 nitrogen and oxygen atoms in total. The van der Waals surface area contributed by atoms with E-state index in [9.17, 15) is 4.79 Å². The van der Waals surface area contributed by atoms with Gasteiger partial charge >= 0.3 is 0 Å². The van der Waals surface area contributed by atoms with Crippen LogP contribution in [0.15, 0.2) is 0 Å². The van der Waals surface area contributed by atoms with E-state index < -0.39 is 0 Å². The van der Waals surface area contributed by atoms with Gasteiger partial charge in [0, 0.05) is 12.3 Å². The molecule has 0 radical (unpaired) electrons. The molecule has 1 aliphatic carbocycles. The molecule has 1 heteroatoms. The molecule has 0 atom stereocenters. The standard InChI is InChI=1S/C18H34O/c1-3-5-7-8-9-11-18(19)17-14-12-16(13-15-17)10-6-4-2/h16-17H,3-15H2,1-2H3. The number of carbonyl (C=O) groups is 1. The Morgan fingerprint density at radius 3 is 2.11 bits per heavy atom. The van der Waals surface area contributed by atoms with Gasteiger partial charge in [0.15, 0.2) is 0 Å². The van der Waals surface area contributed by atoms with Crippen LogP contribution in [0.3, 0.4) is 0 Å². The van der Waals surface area contributed by atoms with E-state index >= 15 is 0 Å². The Hall–Kier alpha value is -0.330. The molecule has 1 fully saturated rings. The molecule has 0 aromatic rings. The van der Waals surface area contributed by atoms with Crippen molar-refractivity contribution in [1.29, 1.82) is 0 Å². The van der Waals surface area contributed by atoms with Crippen LogP contribution in [0.25, 0.3) is 0 Å². The van der Waals surface area contributed by atoms with Crippen LogP contribution in [0.1, 0.15) is 97.3 Å². The molecule has 0 spiro atoms. The van der Waals surface area contributed by atoms with E-state index in [-0.39, 0.29) is 0 Å². The first-order chi connectivity index (χ1) is 9.27. The van der Waals surface area contributed by atoms with E-state index in [2.05, 4.69) is 13.8 Å². The van der Waals surface area contributed by atoms with E-state index in [0.29, 0.717) is 11.7 Å². The van der Waals surface area contributed by atoms with Gasteiger partial charge in [0.1, 0.15) is 5.78 Å². The predicted molar refractivity (Wildman–Crippen MR) is 83.4 cm³/mol. The highest BCUT2D eigenvalue weighted by Crippen LogP contribution is 2.33. The molecule has 1 aliphatic rings. The summed E-state index contributed by atoms with van der Waals surface area (Å²) >= 11 is 0. The first-order valence-electron chi connectivity index (χ1n) is 8.80. The summed E-state index contributed by atoms with van der Waals surface area (Å²) in [5.74, 6) is 1.92. The number of hydrogen-bond acceptors (Lipinski definition) is 1. The zero-order valence-corrected chi connectivity index (χ0v) is 13.3. The Balaban J connectivity index is 2.07. The average Bonchev–Trinajstić information content (AvgIpc) is 2.45. The largest absolute Gasteiger partial charge is 0.299 e. The number of hydrogen-bond donors (Lipinski definition) is 0. The van der Waals surface area contributed by atoms with Crippen LogP contribution in [0.2, 0.25) is 0 Å². The van der Waals surface area contributed by atoms with Crippen LogP contribution in [0, 0.1) is 11.8 Å². The van der Waals surface area contributed by atoms with Crippen molar-refractivity contribution in [3.63, 3.8) is 0 Å². The third-order valence-electron chi connectivity index (χ3n) is 4.79. The van der Waals surface area contributed by atoms with Gasteiger partial charge in [-0.1, -0.05) is 58.8 Å². The highest BCUT2D eigenvalue weighted by molar-refractivity contribution is 5.81. The van der Waals surface area contributed by atoms with Crippen molar-refractivity contribution in [3.8, 4) is 0 Å². The Morgan fingerprint density at radius 1 is 0.842 bits per heavy atom. The van der Waals surface area contributed by atoms with Crippen LogP contribution in [-0.2, 0) is 4.79 Å². The molecule has 0 bridgehead atoms. The number of unbranched alkanes of at least 4 members (excludes halogenated alkanes) is 5. The summed E-state index contributed by atoms with van der Waals surface area (Å²) in [4.78, 5) is 12.2. The van der Waals surface area contributed by atoms with E-state index in [1.165, 1.54) is 70.6 Å². The van der Waals surface area contributed by atoms with Gasteiger partial charge in [-0.2, -0.15) is 0 Å². The van der Waals surface area contributed by atoms with Gasteiger partial charge in [-0.05, 0) is 38.0 Å². The normalized spacial score (nSPS) is 23.5. The summed E-state index contributed by atoms with van der Waals surface area (Å²) in [6.07, 6.45) is 16.3. The molecule has 0 N–H and O–H groups in total. The van der Waals surface area contributed by atoms with Gasteiger partial charge < -0.3 is 0 Å². The zero-order chi connectivity index (χ0) is 13.9. The van der Waals surface area contributed by atoms with Crippen molar-refractivity contribution in [2.24, 2.45) is 11.8 Å². The summed E-state index contributed by atoms with van der Waals surface area (Å²) in [5, 5.41) is 0. The fraction of sp³-hybridized carbons (Fsp3) is 0.944. The van der Waals surface area contributed by atoms with Gasteiger partial charge in [0.05, 0.1) is 0 Å². The second kappa shape index (κ2) is 10.5. The zero-order valence-electron chi connectivity index (χ0n) is 13.3. The quantitative estimate of drug-likeness (QED) is 0.449. The van der Waals surface area contributed by atoms with Crippen LogP contribution in [0.4, 0.5) is 0 Å². The molecule has 0 saturated heterocycles. The van der Waals surface area contributed by atoms with Gasteiger partial charge in [0.25, 0.3) is 0 Å². The van der Waals surface area contributed by atoms with Gasteiger partial charge in [-0.25, -0.2) is 0 Å². The van der Waals surface area contributed by atoms with Gasteiger partial charge in [-0.3, -0.25) is 4.79 Å². The molecule has 0 heterocycles. The van der Waals surface area contributed by atoms with E-state index in [1.807, 2.05) is 0 Å². The minimum absolute atomic E-state index is 0.420. The number of rotatable bonds is 10. The predicted octanol–water partition coefficient (Wildman–Crippen LogP) is 5.91. The summed E-state index contributed by atoms with van der Waals surface area (Å²) < 4.78 is 0. The molecule has 19 heavy (non-hydrogen) atoms. The first kappa shape index (κ1) is 16.7. The van der Waals surface area contributed by atoms with Crippen molar-refractivity contribution >= 4 is 5.78 Å². The number of Topliss-reactive ketones (excluding diaryl/α,β-unsaturated/α-hetero) is 1. The van der Waals surface area contributed by atoms with E-state index in [1.54, 1.807) is 0 Å². The maximum Gasteiger partial charge on any atom is 0.135 e. The monoisotopic (exact) mass is 266 g/mol. The number of carbonyl (C=O) groups excluding carboxylic acids is 1. The highest BCUT2D eigenvalue weighted by Gasteiger charge is 2.25. The molecule has 0 amide bonds. The van der Waals surface area contributed by atoms with Crippen molar-refractivity contribution in [1.82, 2.24) is 0 Å². The fourth-order valence-electron chi connectivity index (χ4n) is 3.37. The van der Waals surface area contributed by atoms with Crippen LogP contribution < -0.4 is 0 Å².